The molecular weight excluding hydrogens is 181 g/mol. The van der Waals surface area contributed by atoms with Crippen LogP contribution < -0.4 is 5.32 Å². The molecule has 0 aromatic carbocycles. The highest BCUT2D eigenvalue weighted by molar-refractivity contribution is 6.61. The fourth-order valence-electron chi connectivity index (χ4n) is 1.55. The summed E-state index contributed by atoms with van der Waals surface area (Å²) in [4.78, 5) is 0. The standard InChI is InChI=1S/C10H22FNSi/c1-5-6-12-7-10(4)13(8-11)9(2)3/h5,9-10,12-13H,1,6-8H2,2-4H3. The molecule has 0 heterocycles. The Kier molecular flexibility index (Phi) is 7.18. The van der Waals surface area contributed by atoms with Gasteiger partial charge in [-0.1, -0.05) is 32.4 Å². The van der Waals surface area contributed by atoms with Gasteiger partial charge in [0.1, 0.15) is 0 Å². The van der Waals surface area contributed by atoms with Crippen molar-refractivity contribution in [1.82, 2.24) is 5.32 Å². The average molecular weight is 203 g/mol. The maximum atomic E-state index is 12.7. The van der Waals surface area contributed by atoms with Crippen LogP contribution in [0.15, 0.2) is 12.7 Å². The first-order chi connectivity index (χ1) is 6.13. The molecule has 2 unspecified atom stereocenters. The van der Waals surface area contributed by atoms with Crippen molar-refractivity contribution in [2.45, 2.75) is 31.9 Å². The van der Waals surface area contributed by atoms with Crippen LogP contribution in [-0.4, -0.2) is 28.2 Å². The summed E-state index contributed by atoms with van der Waals surface area (Å²) in [6.07, 6.45) is 1.77. The Balaban J connectivity index is 3.76. The fraction of sp³-hybridized carbons (Fsp3) is 0.800. The van der Waals surface area contributed by atoms with Crippen LogP contribution in [0.4, 0.5) is 4.39 Å². The van der Waals surface area contributed by atoms with Crippen molar-refractivity contribution in [2.24, 2.45) is 0 Å². The van der Waals surface area contributed by atoms with E-state index in [1.54, 1.807) is 0 Å². The van der Waals surface area contributed by atoms with Crippen LogP contribution in [0.25, 0.3) is 0 Å². The number of nitrogens with one attached hydrogen (secondary N) is 1. The van der Waals surface area contributed by atoms with Gasteiger partial charge in [0.25, 0.3) is 0 Å². The molecule has 1 N–H and O–H groups in total. The summed E-state index contributed by atoms with van der Waals surface area (Å²) in [7, 11) is -1.19. The Hall–Kier alpha value is -0.153. The normalized spacial score (nSPS) is 15.8. The lowest BCUT2D eigenvalue weighted by atomic mass is 10.4. The van der Waals surface area contributed by atoms with Crippen molar-refractivity contribution < 1.29 is 4.39 Å². The van der Waals surface area contributed by atoms with Gasteiger partial charge in [-0.15, -0.1) is 6.58 Å². The molecular formula is C10H22FNSi. The van der Waals surface area contributed by atoms with Gasteiger partial charge in [-0.25, -0.2) is 0 Å². The van der Waals surface area contributed by atoms with Gasteiger partial charge >= 0.3 is 0 Å². The molecule has 0 bridgehead atoms. The van der Waals surface area contributed by atoms with Crippen molar-refractivity contribution in [3.63, 3.8) is 0 Å². The molecule has 0 aromatic rings. The van der Waals surface area contributed by atoms with E-state index in [0.717, 1.165) is 13.1 Å². The molecule has 0 aromatic heterocycles. The van der Waals surface area contributed by atoms with Crippen molar-refractivity contribution in [1.29, 1.82) is 0 Å². The number of rotatable bonds is 7. The van der Waals surface area contributed by atoms with Crippen LogP contribution in [0.1, 0.15) is 20.8 Å². The molecule has 1 nitrogen and oxygen atoms in total. The van der Waals surface area contributed by atoms with E-state index in [9.17, 15) is 4.39 Å². The van der Waals surface area contributed by atoms with Crippen molar-refractivity contribution in [3.05, 3.63) is 12.7 Å². The Morgan fingerprint density at radius 1 is 1.46 bits per heavy atom. The van der Waals surface area contributed by atoms with Crippen LogP contribution in [0.3, 0.4) is 0 Å². The van der Waals surface area contributed by atoms with E-state index in [2.05, 4.69) is 32.7 Å². The molecule has 78 valence electrons. The lowest BCUT2D eigenvalue weighted by Gasteiger charge is -2.23. The van der Waals surface area contributed by atoms with E-state index in [0.29, 0.717) is 11.1 Å². The number of hydrogen-bond acceptors (Lipinski definition) is 1. The Morgan fingerprint density at radius 3 is 2.46 bits per heavy atom. The largest absolute Gasteiger partial charge is 0.313 e. The molecule has 3 heteroatoms. The second kappa shape index (κ2) is 7.27. The smallest absolute Gasteiger partial charge is 0.0810 e. The second-order valence-electron chi connectivity index (χ2n) is 3.99. The van der Waals surface area contributed by atoms with Crippen LogP contribution in [-0.2, 0) is 0 Å². The van der Waals surface area contributed by atoms with E-state index in [1.165, 1.54) is 0 Å². The zero-order valence-electron chi connectivity index (χ0n) is 9.02. The van der Waals surface area contributed by atoms with Gasteiger partial charge in [0, 0.05) is 6.54 Å². The Morgan fingerprint density at radius 2 is 2.08 bits per heavy atom. The first-order valence-corrected chi connectivity index (χ1v) is 7.16. The zero-order valence-corrected chi connectivity index (χ0v) is 10.2. The maximum Gasteiger partial charge on any atom is 0.0810 e. The molecule has 13 heavy (non-hydrogen) atoms. The highest BCUT2D eigenvalue weighted by Crippen LogP contribution is 2.20. The van der Waals surface area contributed by atoms with Crippen molar-refractivity contribution in [3.8, 4) is 0 Å². The zero-order chi connectivity index (χ0) is 10.3. The average Bonchev–Trinajstić information content (AvgIpc) is 2.05. The first-order valence-electron chi connectivity index (χ1n) is 5.01. The maximum absolute atomic E-state index is 12.7. The van der Waals surface area contributed by atoms with E-state index in [1.807, 2.05) is 6.08 Å². The quantitative estimate of drug-likeness (QED) is 0.380. The molecule has 0 aliphatic heterocycles. The molecule has 0 spiro atoms. The van der Waals surface area contributed by atoms with Gasteiger partial charge in [-0.3, -0.25) is 4.39 Å². The van der Waals surface area contributed by atoms with Crippen molar-refractivity contribution >= 4 is 8.80 Å². The minimum atomic E-state index is -1.19. The van der Waals surface area contributed by atoms with Crippen molar-refractivity contribution in [2.75, 3.05) is 19.4 Å². The number of hydrogen-bond donors (Lipinski definition) is 1. The minimum Gasteiger partial charge on any atom is -0.313 e. The predicted octanol–water partition coefficient (Wildman–Crippen LogP) is 2.30. The highest BCUT2D eigenvalue weighted by atomic mass is 28.3. The van der Waals surface area contributed by atoms with Crippen LogP contribution in [0, 0.1) is 0 Å². The van der Waals surface area contributed by atoms with E-state index < -0.39 is 8.80 Å². The summed E-state index contributed by atoms with van der Waals surface area (Å²) >= 11 is 0. The van der Waals surface area contributed by atoms with Gasteiger partial charge in [0.05, 0.1) is 15.1 Å². The number of halogens is 1. The summed E-state index contributed by atoms with van der Waals surface area (Å²) in [6.45, 7) is 11.8. The van der Waals surface area contributed by atoms with Gasteiger partial charge < -0.3 is 5.32 Å². The summed E-state index contributed by atoms with van der Waals surface area (Å²) < 4.78 is 12.7. The Labute approximate surface area is 83.0 Å². The van der Waals surface area contributed by atoms with Gasteiger partial charge in [-0.05, 0) is 12.1 Å². The SMILES string of the molecule is C=CCNCC(C)[SiH](CF)C(C)C. The molecule has 0 aliphatic rings. The van der Waals surface area contributed by atoms with Gasteiger partial charge in [0.15, 0.2) is 0 Å². The molecule has 0 aliphatic carbocycles. The van der Waals surface area contributed by atoms with E-state index in [-0.39, 0.29) is 6.30 Å². The topological polar surface area (TPSA) is 12.0 Å². The lowest BCUT2D eigenvalue weighted by molar-refractivity contribution is 0.569. The van der Waals surface area contributed by atoms with Gasteiger partial charge in [-0.2, -0.15) is 0 Å². The molecule has 0 saturated carbocycles. The molecule has 0 rings (SSSR count). The summed E-state index contributed by atoms with van der Waals surface area (Å²) in [5, 5.41) is 3.25. The molecule has 0 fully saturated rings. The lowest BCUT2D eigenvalue weighted by Crippen LogP contribution is -2.32. The predicted molar refractivity (Wildman–Crippen MR) is 60.7 cm³/mol. The third kappa shape index (κ3) is 5.21. The number of alkyl halides is 1. The van der Waals surface area contributed by atoms with E-state index >= 15 is 0 Å². The van der Waals surface area contributed by atoms with Crippen LogP contribution in [0.2, 0.25) is 11.1 Å². The monoisotopic (exact) mass is 203 g/mol. The minimum absolute atomic E-state index is 0.0748. The molecule has 2 atom stereocenters. The first kappa shape index (κ1) is 12.8. The molecule has 0 amide bonds. The Bertz CT molecular complexity index is 139. The summed E-state index contributed by atoms with van der Waals surface area (Å²) in [5.41, 5.74) is 1.09. The van der Waals surface area contributed by atoms with Crippen LogP contribution >= 0.6 is 0 Å². The van der Waals surface area contributed by atoms with Crippen LogP contribution in [0.5, 0.6) is 0 Å². The summed E-state index contributed by atoms with van der Waals surface area (Å²) in [6, 6.07) is 0. The molecule has 0 saturated heterocycles. The van der Waals surface area contributed by atoms with E-state index in [4.69, 9.17) is 0 Å². The fourth-order valence-corrected chi connectivity index (χ4v) is 4.00. The van der Waals surface area contributed by atoms with Gasteiger partial charge in [0.2, 0.25) is 0 Å². The highest BCUT2D eigenvalue weighted by Gasteiger charge is 2.21. The second-order valence-corrected chi connectivity index (χ2v) is 8.09. The third-order valence-electron chi connectivity index (χ3n) is 2.52. The summed E-state index contributed by atoms with van der Waals surface area (Å²) in [5.74, 6) is 0. The third-order valence-corrected chi connectivity index (χ3v) is 6.29. The molecule has 0 radical (unpaired) electrons.